The van der Waals surface area contributed by atoms with Crippen molar-refractivity contribution in [2.75, 3.05) is 0 Å². The highest BCUT2D eigenvalue weighted by atomic mass is 16.4. The van der Waals surface area contributed by atoms with Gasteiger partial charge in [-0.05, 0) is 31.9 Å². The lowest BCUT2D eigenvalue weighted by Crippen LogP contribution is -2.19. The highest BCUT2D eigenvalue weighted by molar-refractivity contribution is 5.84. The molecule has 1 saturated carbocycles. The van der Waals surface area contributed by atoms with Crippen molar-refractivity contribution in [2.24, 2.45) is 0 Å². The normalized spacial score (nSPS) is 16.5. The second-order valence-corrected chi connectivity index (χ2v) is 4.79. The van der Waals surface area contributed by atoms with Gasteiger partial charge in [-0.1, -0.05) is 17.7 Å². The van der Waals surface area contributed by atoms with Crippen LogP contribution in [0.5, 0.6) is 0 Å². The van der Waals surface area contributed by atoms with Crippen LogP contribution in [0.3, 0.4) is 0 Å². The first-order valence-electron chi connectivity index (χ1n) is 5.88. The molecule has 0 unspecified atom stereocenters. The van der Waals surface area contributed by atoms with Gasteiger partial charge in [0.05, 0.1) is 5.69 Å². The Morgan fingerprint density at radius 3 is 2.56 bits per heavy atom. The number of carboxylic acid groups (broad SMARTS) is 1. The molecule has 1 N–H and O–H groups in total. The second kappa shape index (κ2) is 3.70. The van der Waals surface area contributed by atoms with E-state index in [1.165, 1.54) is 6.26 Å². The molecule has 1 aromatic heterocycles. The van der Waals surface area contributed by atoms with Crippen LogP contribution < -0.4 is 0 Å². The summed E-state index contributed by atoms with van der Waals surface area (Å²) in [5.41, 5.74) is 1.76. The summed E-state index contributed by atoms with van der Waals surface area (Å²) in [5.74, 6) is -0.330. The van der Waals surface area contributed by atoms with E-state index in [-0.39, 0.29) is 0 Å². The number of nitrogens with zero attached hydrogens (tertiary/aromatic N) is 1. The van der Waals surface area contributed by atoms with Crippen LogP contribution in [0.25, 0.3) is 11.5 Å². The Balaban J connectivity index is 1.95. The average Bonchev–Trinajstić information content (AvgIpc) is 3.03. The lowest BCUT2D eigenvalue weighted by Gasteiger charge is -2.03. The maximum Gasteiger partial charge on any atom is 0.315 e. The predicted octanol–water partition coefficient (Wildman–Crippen LogP) is 2.77. The fourth-order valence-electron chi connectivity index (χ4n) is 2.03. The lowest BCUT2D eigenvalue weighted by atomic mass is 10.0. The third-order valence-electron chi connectivity index (χ3n) is 3.45. The third kappa shape index (κ3) is 1.61. The van der Waals surface area contributed by atoms with E-state index in [0.717, 1.165) is 11.1 Å². The zero-order valence-electron chi connectivity index (χ0n) is 10.0. The van der Waals surface area contributed by atoms with E-state index in [0.29, 0.717) is 24.4 Å². The number of hydrogen-bond donors (Lipinski definition) is 1. The summed E-state index contributed by atoms with van der Waals surface area (Å²) in [7, 11) is 0. The molecule has 92 valence electrons. The molecular weight excluding hydrogens is 230 g/mol. The molecule has 1 aliphatic rings. The van der Waals surface area contributed by atoms with Crippen LogP contribution in [-0.2, 0) is 10.2 Å². The molecule has 0 atom stereocenters. The van der Waals surface area contributed by atoms with E-state index >= 15 is 0 Å². The van der Waals surface area contributed by atoms with Crippen molar-refractivity contribution >= 4 is 5.97 Å². The van der Waals surface area contributed by atoms with E-state index in [1.54, 1.807) is 0 Å². The van der Waals surface area contributed by atoms with Crippen molar-refractivity contribution in [3.05, 3.63) is 41.8 Å². The Labute approximate surface area is 104 Å². The summed E-state index contributed by atoms with van der Waals surface area (Å²) in [6.45, 7) is 2.01. The highest BCUT2D eigenvalue weighted by Crippen LogP contribution is 2.48. The summed E-state index contributed by atoms with van der Waals surface area (Å²) < 4.78 is 5.39. The number of oxazole rings is 1. The van der Waals surface area contributed by atoms with Gasteiger partial charge in [0.1, 0.15) is 11.7 Å². The van der Waals surface area contributed by atoms with Gasteiger partial charge in [0.15, 0.2) is 0 Å². The Morgan fingerprint density at radius 2 is 2.00 bits per heavy atom. The molecule has 18 heavy (non-hydrogen) atoms. The molecule has 1 heterocycles. The van der Waals surface area contributed by atoms with Gasteiger partial charge in [0.2, 0.25) is 5.89 Å². The Hall–Kier alpha value is -2.10. The van der Waals surface area contributed by atoms with Crippen molar-refractivity contribution in [1.82, 2.24) is 4.98 Å². The maximum absolute atomic E-state index is 11.2. The van der Waals surface area contributed by atoms with Crippen LogP contribution >= 0.6 is 0 Å². The molecule has 4 nitrogen and oxygen atoms in total. The molecule has 3 rings (SSSR count). The summed E-state index contributed by atoms with van der Waals surface area (Å²) in [6, 6.07) is 7.79. The Kier molecular flexibility index (Phi) is 2.26. The highest BCUT2D eigenvalue weighted by Gasteiger charge is 2.54. The first-order valence-corrected chi connectivity index (χ1v) is 5.88. The van der Waals surface area contributed by atoms with Crippen LogP contribution in [-0.4, -0.2) is 16.1 Å². The van der Waals surface area contributed by atoms with Gasteiger partial charge in [-0.2, -0.15) is 0 Å². The number of carboxylic acids is 1. The molecular formula is C14H13NO3. The quantitative estimate of drug-likeness (QED) is 0.900. The van der Waals surface area contributed by atoms with E-state index in [4.69, 9.17) is 4.42 Å². The van der Waals surface area contributed by atoms with Crippen LogP contribution in [0.15, 0.2) is 34.9 Å². The largest absolute Gasteiger partial charge is 0.481 e. The van der Waals surface area contributed by atoms with Crippen molar-refractivity contribution in [3.8, 4) is 11.5 Å². The Morgan fingerprint density at radius 1 is 1.33 bits per heavy atom. The first-order chi connectivity index (χ1) is 8.62. The smallest absolute Gasteiger partial charge is 0.315 e. The molecule has 0 radical (unpaired) electrons. The van der Waals surface area contributed by atoms with Crippen LogP contribution in [0.2, 0.25) is 0 Å². The van der Waals surface area contributed by atoms with Crippen molar-refractivity contribution < 1.29 is 14.3 Å². The maximum atomic E-state index is 11.2. The molecule has 0 bridgehead atoms. The van der Waals surface area contributed by atoms with Gasteiger partial charge < -0.3 is 9.52 Å². The van der Waals surface area contributed by atoms with Gasteiger partial charge in [-0.3, -0.25) is 4.79 Å². The number of carbonyl (C=O) groups is 1. The molecule has 1 aromatic carbocycles. The lowest BCUT2D eigenvalue weighted by molar-refractivity contribution is -0.140. The van der Waals surface area contributed by atoms with Gasteiger partial charge in [-0.15, -0.1) is 0 Å². The van der Waals surface area contributed by atoms with Crippen molar-refractivity contribution in [2.45, 2.75) is 25.2 Å². The van der Waals surface area contributed by atoms with Gasteiger partial charge in [-0.25, -0.2) is 4.98 Å². The minimum atomic E-state index is -0.814. The molecule has 1 fully saturated rings. The predicted molar refractivity (Wildman–Crippen MR) is 65.2 cm³/mol. The van der Waals surface area contributed by atoms with E-state index in [9.17, 15) is 9.90 Å². The summed E-state index contributed by atoms with van der Waals surface area (Å²) >= 11 is 0. The minimum Gasteiger partial charge on any atom is -0.481 e. The fraction of sp³-hybridized carbons (Fsp3) is 0.286. The molecule has 0 saturated heterocycles. The number of aliphatic carboxylic acids is 1. The molecule has 0 spiro atoms. The van der Waals surface area contributed by atoms with Crippen LogP contribution in [0, 0.1) is 6.92 Å². The molecule has 4 heteroatoms. The van der Waals surface area contributed by atoms with Gasteiger partial charge >= 0.3 is 5.97 Å². The first kappa shape index (κ1) is 11.0. The topological polar surface area (TPSA) is 63.3 Å². The number of rotatable bonds is 3. The van der Waals surface area contributed by atoms with E-state index < -0.39 is 11.4 Å². The number of aromatic nitrogens is 1. The third-order valence-corrected chi connectivity index (χ3v) is 3.45. The number of hydrogen-bond acceptors (Lipinski definition) is 3. The van der Waals surface area contributed by atoms with Gasteiger partial charge in [0.25, 0.3) is 0 Å². The summed E-state index contributed by atoms with van der Waals surface area (Å²) in [4.78, 5) is 15.5. The molecule has 2 aromatic rings. The van der Waals surface area contributed by atoms with Crippen molar-refractivity contribution in [3.63, 3.8) is 0 Å². The zero-order chi connectivity index (χ0) is 12.8. The van der Waals surface area contributed by atoms with Gasteiger partial charge in [0, 0.05) is 5.56 Å². The fourth-order valence-corrected chi connectivity index (χ4v) is 2.03. The summed E-state index contributed by atoms with van der Waals surface area (Å²) in [6.07, 6.45) is 2.75. The van der Waals surface area contributed by atoms with Crippen molar-refractivity contribution in [1.29, 1.82) is 0 Å². The second-order valence-electron chi connectivity index (χ2n) is 4.79. The summed E-state index contributed by atoms with van der Waals surface area (Å²) in [5, 5.41) is 9.19. The minimum absolute atomic E-state index is 0.484. The van der Waals surface area contributed by atoms with Crippen LogP contribution in [0.4, 0.5) is 0 Å². The van der Waals surface area contributed by atoms with E-state index in [2.05, 4.69) is 4.98 Å². The average molecular weight is 243 g/mol. The monoisotopic (exact) mass is 243 g/mol. The zero-order valence-corrected chi connectivity index (χ0v) is 10.0. The number of aryl methyl sites for hydroxylation is 1. The SMILES string of the molecule is Cc1ccc(-c2nc(C3(C(=O)O)CC3)co2)cc1. The standard InChI is InChI=1S/C14H13NO3/c1-9-2-4-10(5-3-9)12-15-11(8-18-12)14(6-7-14)13(16)17/h2-5,8H,6-7H2,1H3,(H,16,17). The molecule has 0 aliphatic heterocycles. The molecule has 1 aliphatic carbocycles. The van der Waals surface area contributed by atoms with E-state index in [1.807, 2.05) is 31.2 Å². The molecule has 0 amide bonds. The number of benzene rings is 1. The Bertz CT molecular complexity index is 594. The van der Waals surface area contributed by atoms with Crippen LogP contribution in [0.1, 0.15) is 24.1 Å².